The first-order valence-corrected chi connectivity index (χ1v) is 12.9. The van der Waals surface area contributed by atoms with Crippen LogP contribution in [0.15, 0.2) is 24.3 Å². The lowest BCUT2D eigenvalue weighted by atomic mass is 10.1. The van der Waals surface area contributed by atoms with Crippen molar-refractivity contribution in [1.29, 1.82) is 0 Å². The molecule has 3 aliphatic rings. The molecule has 2 atom stereocenters. The molecule has 32 heavy (non-hydrogen) atoms. The average Bonchev–Trinajstić information content (AvgIpc) is 3.19. The van der Waals surface area contributed by atoms with Gasteiger partial charge in [0.2, 0.25) is 16.0 Å². The summed E-state index contributed by atoms with van der Waals surface area (Å²) in [6.07, 6.45) is 3.86. The zero-order valence-electron chi connectivity index (χ0n) is 18.0. The quantitative estimate of drug-likeness (QED) is 0.588. The minimum atomic E-state index is -3.19. The van der Waals surface area contributed by atoms with Crippen LogP contribution in [-0.2, 0) is 10.0 Å². The number of aromatic amines is 1. The number of fused-ring (bicyclic) bond motifs is 3. The van der Waals surface area contributed by atoms with Gasteiger partial charge < -0.3 is 10.6 Å². The molecule has 2 bridgehead atoms. The molecule has 1 saturated carbocycles. The second-order valence-electron chi connectivity index (χ2n) is 9.17. The molecule has 1 aliphatic carbocycles. The maximum absolute atomic E-state index is 12.6. The number of nitrogens with two attached hydrogens (primary N) is 1. The number of anilines is 2. The van der Waals surface area contributed by atoms with E-state index >= 15 is 0 Å². The van der Waals surface area contributed by atoms with E-state index in [0.29, 0.717) is 37.2 Å². The molecule has 9 nitrogen and oxygen atoms in total. The van der Waals surface area contributed by atoms with Crippen molar-refractivity contribution in [2.45, 2.75) is 50.6 Å². The van der Waals surface area contributed by atoms with Gasteiger partial charge in [0.1, 0.15) is 5.82 Å². The number of H-pyrrole nitrogens is 1. The van der Waals surface area contributed by atoms with Crippen molar-refractivity contribution < 1.29 is 8.42 Å². The molecule has 2 aliphatic heterocycles. The minimum Gasteiger partial charge on any atom is -0.383 e. The highest BCUT2D eigenvalue weighted by Gasteiger charge is 2.48. The Morgan fingerprint density at radius 1 is 1.19 bits per heavy atom. The number of piperazine rings is 1. The maximum atomic E-state index is 12.6. The molecule has 3 fully saturated rings. The van der Waals surface area contributed by atoms with Gasteiger partial charge in [-0.25, -0.2) is 13.4 Å². The number of benzene rings is 1. The van der Waals surface area contributed by atoms with Crippen molar-refractivity contribution in [3.8, 4) is 11.3 Å². The molecular formula is C22H27N7O2S. The van der Waals surface area contributed by atoms with Crippen molar-refractivity contribution in [3.63, 3.8) is 0 Å². The third-order valence-corrected chi connectivity index (χ3v) is 8.98. The van der Waals surface area contributed by atoms with Gasteiger partial charge in [0, 0.05) is 42.3 Å². The highest BCUT2D eigenvalue weighted by molar-refractivity contribution is 7.89. The van der Waals surface area contributed by atoms with Crippen LogP contribution in [0.4, 0.5) is 11.8 Å². The van der Waals surface area contributed by atoms with Crippen molar-refractivity contribution in [2.75, 3.05) is 29.5 Å². The van der Waals surface area contributed by atoms with Crippen LogP contribution in [0, 0.1) is 0 Å². The maximum Gasteiger partial charge on any atom is 0.228 e. The van der Waals surface area contributed by atoms with E-state index in [4.69, 9.17) is 10.7 Å². The van der Waals surface area contributed by atoms with Crippen LogP contribution in [0.5, 0.6) is 0 Å². The summed E-state index contributed by atoms with van der Waals surface area (Å²) < 4.78 is 26.8. The van der Waals surface area contributed by atoms with Gasteiger partial charge in [0.15, 0.2) is 0 Å². The van der Waals surface area contributed by atoms with E-state index in [-0.39, 0.29) is 17.8 Å². The first kappa shape index (κ1) is 19.9. The van der Waals surface area contributed by atoms with E-state index < -0.39 is 10.0 Å². The summed E-state index contributed by atoms with van der Waals surface area (Å²) in [7, 11) is -3.19. The zero-order valence-corrected chi connectivity index (χ0v) is 18.8. The Labute approximate surface area is 187 Å². The van der Waals surface area contributed by atoms with E-state index in [1.54, 1.807) is 4.31 Å². The summed E-state index contributed by atoms with van der Waals surface area (Å²) in [5.74, 6) is 1.80. The summed E-state index contributed by atoms with van der Waals surface area (Å²) in [6.45, 7) is 2.99. The smallest absolute Gasteiger partial charge is 0.228 e. The number of rotatable bonds is 6. The molecule has 0 radical (unpaired) electrons. The monoisotopic (exact) mass is 453 g/mol. The fourth-order valence-corrected chi connectivity index (χ4v) is 6.97. The molecule has 3 N–H and O–H groups in total. The first-order chi connectivity index (χ1) is 15.4. The van der Waals surface area contributed by atoms with Crippen LogP contribution in [0.2, 0.25) is 0 Å². The van der Waals surface area contributed by atoms with E-state index in [1.807, 2.05) is 25.1 Å². The second kappa shape index (κ2) is 7.14. The van der Waals surface area contributed by atoms with Gasteiger partial charge in [0.05, 0.1) is 22.3 Å². The minimum absolute atomic E-state index is 0.0201. The lowest BCUT2D eigenvalue weighted by Crippen LogP contribution is -2.49. The fraction of sp³-hybridized carbons (Fsp3) is 0.500. The third kappa shape index (κ3) is 3.15. The number of hydrogen-bond acceptors (Lipinski definition) is 7. The van der Waals surface area contributed by atoms with Crippen LogP contribution < -0.4 is 10.6 Å². The van der Waals surface area contributed by atoms with E-state index in [1.165, 1.54) is 18.5 Å². The fourth-order valence-electron chi connectivity index (χ4n) is 5.21. The molecule has 10 heteroatoms. The van der Waals surface area contributed by atoms with Crippen molar-refractivity contribution in [3.05, 3.63) is 30.0 Å². The predicted octanol–water partition coefficient (Wildman–Crippen LogP) is 2.48. The Balaban J connectivity index is 1.32. The molecular weight excluding hydrogens is 426 g/mol. The van der Waals surface area contributed by atoms with Gasteiger partial charge in [-0.15, -0.1) is 0 Å². The Kier molecular flexibility index (Phi) is 4.45. The number of nitrogen functional groups attached to an aromatic ring is 1. The lowest BCUT2D eigenvalue weighted by molar-refractivity contribution is 0.367. The molecule has 2 saturated heterocycles. The number of nitrogens with zero attached hydrogens (tertiary/aromatic N) is 5. The topological polar surface area (TPSA) is 121 Å². The molecule has 0 amide bonds. The highest BCUT2D eigenvalue weighted by Crippen LogP contribution is 2.41. The average molecular weight is 454 g/mol. The molecule has 0 spiro atoms. The van der Waals surface area contributed by atoms with Gasteiger partial charge >= 0.3 is 0 Å². The van der Waals surface area contributed by atoms with Gasteiger partial charge in [-0.3, -0.25) is 5.10 Å². The largest absolute Gasteiger partial charge is 0.383 e. The lowest BCUT2D eigenvalue weighted by Gasteiger charge is -2.33. The number of aromatic nitrogens is 4. The zero-order chi connectivity index (χ0) is 22.0. The van der Waals surface area contributed by atoms with Crippen LogP contribution in [0.25, 0.3) is 22.2 Å². The van der Waals surface area contributed by atoms with Crippen LogP contribution in [-0.4, -0.2) is 63.8 Å². The third-order valence-electron chi connectivity index (χ3n) is 6.90. The summed E-state index contributed by atoms with van der Waals surface area (Å²) >= 11 is 0. The SMILES string of the molecule is CCCS(=O)(=O)N1CC2CC1CN2c1nc(N)c2c(-c3cc(C4CC4)[nH]n3)cccc2n1. The summed E-state index contributed by atoms with van der Waals surface area (Å²) in [5.41, 5.74) is 10.2. The van der Waals surface area contributed by atoms with Gasteiger partial charge in [-0.2, -0.15) is 14.4 Å². The summed E-state index contributed by atoms with van der Waals surface area (Å²) in [5, 5.41) is 8.47. The van der Waals surface area contributed by atoms with Gasteiger partial charge in [-0.05, 0) is 37.8 Å². The Morgan fingerprint density at radius 3 is 2.75 bits per heavy atom. The highest BCUT2D eigenvalue weighted by atomic mass is 32.2. The van der Waals surface area contributed by atoms with Gasteiger partial charge in [0.25, 0.3) is 0 Å². The predicted molar refractivity (Wildman–Crippen MR) is 124 cm³/mol. The standard InChI is InChI=1S/C22H27N7O2S/c1-2-8-32(30,31)29-12-14-9-15(29)11-28(14)22-24-17-5-3-4-16(20(17)21(23)25-22)19-10-18(26-27-19)13-6-7-13/h3-5,10,13-15H,2,6-9,11-12H2,1H3,(H,26,27)(H2,23,24,25). The van der Waals surface area contributed by atoms with Gasteiger partial charge in [-0.1, -0.05) is 19.1 Å². The van der Waals surface area contributed by atoms with Crippen molar-refractivity contribution in [2.24, 2.45) is 0 Å². The number of nitrogens with one attached hydrogen (secondary N) is 1. The number of sulfonamides is 1. The molecule has 2 unspecified atom stereocenters. The Morgan fingerprint density at radius 2 is 2.03 bits per heavy atom. The summed E-state index contributed by atoms with van der Waals surface area (Å²) in [6, 6.07) is 8.08. The number of hydrogen-bond donors (Lipinski definition) is 2. The Hall–Kier alpha value is -2.72. The second-order valence-corrected chi connectivity index (χ2v) is 11.2. The molecule has 6 rings (SSSR count). The molecule has 168 valence electrons. The van der Waals surface area contributed by atoms with E-state index in [9.17, 15) is 8.42 Å². The van der Waals surface area contributed by atoms with Crippen molar-refractivity contribution in [1.82, 2.24) is 24.5 Å². The molecule has 2 aromatic heterocycles. The molecule has 4 heterocycles. The van der Waals surface area contributed by atoms with Crippen LogP contribution >= 0.6 is 0 Å². The Bertz CT molecular complexity index is 1300. The first-order valence-electron chi connectivity index (χ1n) is 11.3. The van der Waals surface area contributed by atoms with Crippen LogP contribution in [0.1, 0.15) is 44.2 Å². The van der Waals surface area contributed by atoms with Crippen LogP contribution in [0.3, 0.4) is 0 Å². The summed E-state index contributed by atoms with van der Waals surface area (Å²) in [4.78, 5) is 11.6. The molecule has 1 aromatic carbocycles. The van der Waals surface area contributed by atoms with E-state index in [0.717, 1.165) is 28.6 Å². The van der Waals surface area contributed by atoms with E-state index in [2.05, 4.69) is 26.1 Å². The molecule has 3 aromatic rings. The normalized spacial score (nSPS) is 23.5. The van der Waals surface area contributed by atoms with Crippen molar-refractivity contribution >= 4 is 32.7 Å².